The number of hydrogen-bond acceptors (Lipinski definition) is 7. The van der Waals surface area contributed by atoms with Gasteiger partial charge < -0.3 is 14.9 Å². The van der Waals surface area contributed by atoms with E-state index < -0.39 is 0 Å². The maximum absolute atomic E-state index is 12.9. The molecule has 0 unspecified atom stereocenters. The summed E-state index contributed by atoms with van der Waals surface area (Å²) in [7, 11) is 2.17. The SMILES string of the molecule is CSc1ncc(C(=O)N2CC[C@@H](N3CCN(C)CC3)[C@@H](CCCO)C2)cn1. The van der Waals surface area contributed by atoms with Gasteiger partial charge in [0.1, 0.15) is 0 Å². The van der Waals surface area contributed by atoms with Crippen LogP contribution in [0.15, 0.2) is 17.6 Å². The van der Waals surface area contributed by atoms with E-state index in [1.807, 2.05) is 11.2 Å². The lowest BCUT2D eigenvalue weighted by atomic mass is 9.86. The number of aromatic nitrogens is 2. The second kappa shape index (κ2) is 9.82. The maximum Gasteiger partial charge on any atom is 0.257 e. The first-order chi connectivity index (χ1) is 13.1. The van der Waals surface area contributed by atoms with Gasteiger partial charge in [-0.05, 0) is 38.5 Å². The van der Waals surface area contributed by atoms with E-state index in [1.165, 1.54) is 11.8 Å². The molecule has 0 aliphatic carbocycles. The first kappa shape index (κ1) is 20.5. The number of rotatable bonds is 6. The summed E-state index contributed by atoms with van der Waals surface area (Å²) in [4.78, 5) is 28.3. The molecule has 150 valence electrons. The number of likely N-dealkylation sites (N-methyl/N-ethyl adjacent to an activating group) is 1. The van der Waals surface area contributed by atoms with Crippen molar-refractivity contribution in [3.05, 3.63) is 18.0 Å². The second-order valence-corrected chi connectivity index (χ2v) is 8.30. The van der Waals surface area contributed by atoms with Crippen LogP contribution in [0.4, 0.5) is 0 Å². The summed E-state index contributed by atoms with van der Waals surface area (Å²) < 4.78 is 0. The lowest BCUT2D eigenvalue weighted by Gasteiger charge is -2.46. The fourth-order valence-electron chi connectivity index (χ4n) is 4.19. The number of likely N-dealkylation sites (tertiary alicyclic amines) is 1. The van der Waals surface area contributed by atoms with Crippen LogP contribution in [-0.4, -0.2) is 101 Å². The number of hydrogen-bond donors (Lipinski definition) is 1. The van der Waals surface area contributed by atoms with Gasteiger partial charge in [-0.15, -0.1) is 0 Å². The van der Waals surface area contributed by atoms with E-state index in [0.717, 1.165) is 58.5 Å². The average Bonchev–Trinajstić information content (AvgIpc) is 2.72. The first-order valence-corrected chi connectivity index (χ1v) is 11.0. The van der Waals surface area contributed by atoms with Crippen LogP contribution in [0.1, 0.15) is 29.6 Å². The standard InChI is InChI=1S/C19H31N5O2S/c1-22-7-9-23(10-8-22)17-5-6-24(14-15(17)4-3-11-25)18(26)16-12-20-19(27-2)21-13-16/h12-13,15,17,25H,3-11,14H2,1-2H3/t15-,17+/m0/s1. The van der Waals surface area contributed by atoms with Crippen molar-refractivity contribution in [1.29, 1.82) is 0 Å². The summed E-state index contributed by atoms with van der Waals surface area (Å²) in [5.74, 6) is 0.429. The fraction of sp³-hybridized carbons (Fsp3) is 0.737. The van der Waals surface area contributed by atoms with Crippen LogP contribution in [0.2, 0.25) is 0 Å². The van der Waals surface area contributed by atoms with E-state index in [0.29, 0.717) is 22.7 Å². The summed E-state index contributed by atoms with van der Waals surface area (Å²) in [6, 6.07) is 0.504. The molecule has 2 saturated heterocycles. The van der Waals surface area contributed by atoms with Crippen molar-refractivity contribution >= 4 is 17.7 Å². The molecule has 0 spiro atoms. The molecular weight excluding hydrogens is 362 g/mol. The summed E-state index contributed by atoms with van der Waals surface area (Å²) in [5, 5.41) is 9.99. The number of aliphatic hydroxyl groups is 1. The van der Waals surface area contributed by atoms with Gasteiger partial charge in [0, 0.05) is 64.3 Å². The third kappa shape index (κ3) is 5.19. The topological polar surface area (TPSA) is 72.8 Å². The molecule has 2 atom stereocenters. The number of amides is 1. The lowest BCUT2D eigenvalue weighted by Crippen LogP contribution is -2.56. The maximum atomic E-state index is 12.9. The highest BCUT2D eigenvalue weighted by Gasteiger charge is 2.35. The number of nitrogens with zero attached hydrogens (tertiary/aromatic N) is 5. The quantitative estimate of drug-likeness (QED) is 0.572. The van der Waals surface area contributed by atoms with Gasteiger partial charge >= 0.3 is 0 Å². The second-order valence-electron chi connectivity index (χ2n) is 7.53. The van der Waals surface area contributed by atoms with E-state index in [2.05, 4.69) is 26.8 Å². The largest absolute Gasteiger partial charge is 0.396 e. The van der Waals surface area contributed by atoms with Gasteiger partial charge in [0.15, 0.2) is 5.16 Å². The van der Waals surface area contributed by atoms with Gasteiger partial charge in [0.2, 0.25) is 0 Å². The molecule has 8 heteroatoms. The zero-order valence-electron chi connectivity index (χ0n) is 16.4. The van der Waals surface area contributed by atoms with Crippen LogP contribution in [0.3, 0.4) is 0 Å². The van der Waals surface area contributed by atoms with Gasteiger partial charge in [-0.25, -0.2) is 9.97 Å². The van der Waals surface area contributed by atoms with E-state index in [4.69, 9.17) is 0 Å². The van der Waals surface area contributed by atoms with Crippen molar-refractivity contribution in [2.45, 2.75) is 30.5 Å². The monoisotopic (exact) mass is 393 g/mol. The average molecular weight is 394 g/mol. The molecule has 1 amide bonds. The first-order valence-electron chi connectivity index (χ1n) is 9.81. The Morgan fingerprint density at radius 2 is 1.93 bits per heavy atom. The molecule has 1 aromatic rings. The van der Waals surface area contributed by atoms with Crippen LogP contribution in [-0.2, 0) is 0 Å². The van der Waals surface area contributed by atoms with Gasteiger partial charge in [-0.1, -0.05) is 11.8 Å². The van der Waals surface area contributed by atoms with Crippen LogP contribution >= 0.6 is 11.8 Å². The molecule has 1 N–H and O–H groups in total. The Balaban J connectivity index is 1.66. The number of thioether (sulfide) groups is 1. The van der Waals surface area contributed by atoms with Crippen molar-refractivity contribution in [3.8, 4) is 0 Å². The Labute approximate surface area is 166 Å². The Morgan fingerprint density at radius 1 is 1.22 bits per heavy atom. The molecule has 27 heavy (non-hydrogen) atoms. The summed E-state index contributed by atoms with van der Waals surface area (Å²) in [5.41, 5.74) is 0.562. The van der Waals surface area contributed by atoms with Crippen LogP contribution < -0.4 is 0 Å². The molecule has 2 aliphatic heterocycles. The minimum absolute atomic E-state index is 0.0217. The number of piperidine rings is 1. The summed E-state index contributed by atoms with van der Waals surface area (Å²) in [6.07, 6.45) is 7.94. The van der Waals surface area contributed by atoms with E-state index >= 15 is 0 Å². The van der Waals surface area contributed by atoms with Gasteiger partial charge in [0.05, 0.1) is 5.56 Å². The van der Waals surface area contributed by atoms with Crippen molar-refractivity contribution in [3.63, 3.8) is 0 Å². The molecule has 2 fully saturated rings. The number of carbonyl (C=O) groups is 1. The molecule has 1 aromatic heterocycles. The Kier molecular flexibility index (Phi) is 7.46. The van der Waals surface area contributed by atoms with E-state index in [9.17, 15) is 9.90 Å². The van der Waals surface area contributed by atoms with Crippen molar-refractivity contribution < 1.29 is 9.90 Å². The Morgan fingerprint density at radius 3 is 2.56 bits per heavy atom. The molecule has 0 bridgehead atoms. The molecular formula is C19H31N5O2S. The van der Waals surface area contributed by atoms with E-state index in [-0.39, 0.29) is 12.5 Å². The zero-order valence-corrected chi connectivity index (χ0v) is 17.2. The number of aliphatic hydroxyl groups excluding tert-OH is 1. The Hall–Kier alpha value is -1.22. The van der Waals surface area contributed by atoms with Gasteiger partial charge in [-0.2, -0.15) is 0 Å². The normalized spacial score (nSPS) is 24.9. The summed E-state index contributed by atoms with van der Waals surface area (Å²) >= 11 is 1.47. The van der Waals surface area contributed by atoms with Crippen LogP contribution in [0, 0.1) is 5.92 Å². The zero-order chi connectivity index (χ0) is 19.2. The lowest BCUT2D eigenvalue weighted by molar-refractivity contribution is 0.0217. The highest BCUT2D eigenvalue weighted by Crippen LogP contribution is 2.28. The predicted molar refractivity (Wildman–Crippen MR) is 107 cm³/mol. The molecule has 0 radical (unpaired) electrons. The Bertz CT molecular complexity index is 607. The van der Waals surface area contributed by atoms with Crippen molar-refractivity contribution in [2.75, 3.05) is 59.2 Å². The molecule has 0 saturated carbocycles. The van der Waals surface area contributed by atoms with Gasteiger partial charge in [0.25, 0.3) is 5.91 Å². The van der Waals surface area contributed by atoms with Crippen molar-refractivity contribution in [1.82, 2.24) is 24.7 Å². The highest BCUT2D eigenvalue weighted by atomic mass is 32.2. The molecule has 7 nitrogen and oxygen atoms in total. The smallest absolute Gasteiger partial charge is 0.257 e. The van der Waals surface area contributed by atoms with E-state index in [1.54, 1.807) is 12.4 Å². The summed E-state index contributed by atoms with van der Waals surface area (Å²) in [6.45, 7) is 6.12. The molecule has 3 rings (SSSR count). The third-order valence-corrected chi connectivity index (χ3v) is 6.35. The third-order valence-electron chi connectivity index (χ3n) is 5.78. The fourth-order valence-corrected chi connectivity index (χ4v) is 4.51. The minimum Gasteiger partial charge on any atom is -0.396 e. The number of piperazine rings is 1. The predicted octanol–water partition coefficient (Wildman–Crippen LogP) is 1.05. The molecule has 0 aromatic carbocycles. The molecule has 3 heterocycles. The molecule has 2 aliphatic rings. The number of carbonyl (C=O) groups excluding carboxylic acids is 1. The van der Waals surface area contributed by atoms with Crippen molar-refractivity contribution in [2.24, 2.45) is 5.92 Å². The van der Waals surface area contributed by atoms with Crippen LogP contribution in [0.5, 0.6) is 0 Å². The minimum atomic E-state index is 0.0217. The highest BCUT2D eigenvalue weighted by molar-refractivity contribution is 7.98. The van der Waals surface area contributed by atoms with Crippen LogP contribution in [0.25, 0.3) is 0 Å². The van der Waals surface area contributed by atoms with Gasteiger partial charge in [-0.3, -0.25) is 9.69 Å².